The minimum Gasteiger partial charge on any atom is -0.487 e. The molecule has 2 heterocycles. The zero-order chi connectivity index (χ0) is 15.6. The Labute approximate surface area is 135 Å². The van der Waals surface area contributed by atoms with E-state index in [1.165, 1.54) is 11.3 Å². The highest BCUT2D eigenvalue weighted by molar-refractivity contribution is 7.12. The van der Waals surface area contributed by atoms with Crippen molar-refractivity contribution in [3.63, 3.8) is 0 Å². The second-order valence-corrected chi connectivity index (χ2v) is 6.69. The molecule has 0 spiro atoms. The van der Waals surface area contributed by atoms with E-state index in [0.29, 0.717) is 0 Å². The number of hydrogen-bond acceptors (Lipinski definition) is 3. The van der Waals surface area contributed by atoms with Gasteiger partial charge in [0, 0.05) is 12.0 Å². The van der Waals surface area contributed by atoms with Crippen LogP contribution in [0.4, 0.5) is 0 Å². The largest absolute Gasteiger partial charge is 0.487 e. The Hall–Kier alpha value is -1.81. The van der Waals surface area contributed by atoms with Crippen molar-refractivity contribution in [3.8, 4) is 5.75 Å². The molecule has 0 bridgehead atoms. The summed E-state index contributed by atoms with van der Waals surface area (Å²) < 4.78 is 6.27. The minimum absolute atomic E-state index is 0.000509. The number of carbonyl (C=O) groups excluding carboxylic acids is 1. The molecule has 3 nitrogen and oxygen atoms in total. The highest BCUT2D eigenvalue weighted by Crippen LogP contribution is 2.42. The van der Waals surface area contributed by atoms with E-state index in [1.807, 2.05) is 41.8 Å². The first-order valence-electron chi connectivity index (χ1n) is 7.80. The lowest BCUT2D eigenvalue weighted by molar-refractivity contribution is 0.0228. The van der Waals surface area contributed by atoms with Crippen LogP contribution in [0.2, 0.25) is 0 Å². The zero-order valence-corrected chi connectivity index (χ0v) is 13.8. The number of thiophene rings is 1. The maximum Gasteiger partial charge on any atom is 0.261 e. The Morgan fingerprint density at radius 3 is 2.73 bits per heavy atom. The molecule has 2 aromatic rings. The molecule has 1 aromatic carbocycles. The minimum atomic E-state index is -0.193. The van der Waals surface area contributed by atoms with E-state index in [1.54, 1.807) is 0 Å². The highest BCUT2D eigenvalue weighted by atomic mass is 32.1. The molecule has 0 saturated carbocycles. The molecule has 0 saturated heterocycles. The molecule has 0 unspecified atom stereocenters. The van der Waals surface area contributed by atoms with Crippen LogP contribution in [-0.2, 0) is 0 Å². The van der Waals surface area contributed by atoms with Gasteiger partial charge in [0.1, 0.15) is 11.4 Å². The van der Waals surface area contributed by atoms with Gasteiger partial charge in [0.15, 0.2) is 0 Å². The summed E-state index contributed by atoms with van der Waals surface area (Å²) >= 11 is 1.47. The molecule has 0 fully saturated rings. The van der Waals surface area contributed by atoms with E-state index in [0.717, 1.165) is 35.5 Å². The van der Waals surface area contributed by atoms with Gasteiger partial charge >= 0.3 is 0 Å². The Kier molecular flexibility index (Phi) is 4.21. The Bertz CT molecular complexity index is 647. The van der Waals surface area contributed by atoms with Gasteiger partial charge in [0.25, 0.3) is 5.91 Å². The van der Waals surface area contributed by atoms with Crippen LogP contribution in [0.15, 0.2) is 41.8 Å². The Morgan fingerprint density at radius 2 is 2.05 bits per heavy atom. The zero-order valence-electron chi connectivity index (χ0n) is 13.0. The van der Waals surface area contributed by atoms with Crippen LogP contribution in [-0.4, -0.2) is 11.5 Å². The van der Waals surface area contributed by atoms with Gasteiger partial charge in [-0.2, -0.15) is 0 Å². The fourth-order valence-corrected chi connectivity index (χ4v) is 3.69. The lowest BCUT2D eigenvalue weighted by atomic mass is 9.83. The first kappa shape index (κ1) is 15.1. The van der Waals surface area contributed by atoms with Crippen molar-refractivity contribution < 1.29 is 9.53 Å². The second kappa shape index (κ2) is 6.13. The monoisotopic (exact) mass is 315 g/mol. The molecule has 22 heavy (non-hydrogen) atoms. The Balaban J connectivity index is 1.90. The number of amides is 1. The van der Waals surface area contributed by atoms with Crippen molar-refractivity contribution in [1.82, 2.24) is 5.32 Å². The third kappa shape index (κ3) is 2.75. The number of nitrogens with one attached hydrogen (secondary N) is 1. The number of carbonyl (C=O) groups is 1. The molecule has 4 heteroatoms. The van der Waals surface area contributed by atoms with Gasteiger partial charge in [-0.1, -0.05) is 38.1 Å². The van der Waals surface area contributed by atoms with Crippen molar-refractivity contribution in [2.75, 3.05) is 0 Å². The number of rotatable bonds is 4. The fraction of sp³-hybridized carbons (Fsp3) is 0.389. The van der Waals surface area contributed by atoms with Gasteiger partial charge in [0.05, 0.1) is 10.9 Å². The molecule has 1 aliphatic heterocycles. The first-order valence-corrected chi connectivity index (χ1v) is 8.68. The van der Waals surface area contributed by atoms with Gasteiger partial charge in [-0.15, -0.1) is 11.3 Å². The maximum atomic E-state index is 12.4. The molecule has 3 rings (SSSR count). The average Bonchev–Trinajstić information content (AvgIpc) is 3.09. The molecule has 116 valence electrons. The van der Waals surface area contributed by atoms with Crippen LogP contribution in [0.25, 0.3) is 0 Å². The van der Waals surface area contributed by atoms with E-state index >= 15 is 0 Å². The topological polar surface area (TPSA) is 38.3 Å². The number of hydrogen-bond donors (Lipinski definition) is 1. The standard InChI is InChI=1S/C18H21NO2S/c1-3-18(4-2)12-14(13-8-5-6-9-15(13)21-18)19-17(20)16-10-7-11-22-16/h5-11,14H,3-4,12H2,1-2H3,(H,19,20)/t14-/m1/s1. The molecule has 1 aliphatic rings. The number of ether oxygens (including phenoxy) is 1. The summed E-state index contributed by atoms with van der Waals surface area (Å²) in [6.07, 6.45) is 2.68. The van der Waals surface area contributed by atoms with Crippen molar-refractivity contribution in [1.29, 1.82) is 0 Å². The lowest BCUT2D eigenvalue weighted by Crippen LogP contribution is -2.44. The summed E-state index contributed by atoms with van der Waals surface area (Å²) in [7, 11) is 0. The molecule has 1 amide bonds. The lowest BCUT2D eigenvalue weighted by Gasteiger charge is -2.41. The van der Waals surface area contributed by atoms with E-state index in [4.69, 9.17) is 4.74 Å². The fourth-order valence-electron chi connectivity index (χ4n) is 3.07. The summed E-state index contributed by atoms with van der Waals surface area (Å²) in [4.78, 5) is 13.2. The van der Waals surface area contributed by atoms with Crippen molar-refractivity contribution in [3.05, 3.63) is 52.2 Å². The maximum absolute atomic E-state index is 12.4. The second-order valence-electron chi connectivity index (χ2n) is 5.74. The highest BCUT2D eigenvalue weighted by Gasteiger charge is 2.39. The third-order valence-electron chi connectivity index (χ3n) is 4.54. The van der Waals surface area contributed by atoms with Gasteiger partial charge < -0.3 is 10.1 Å². The van der Waals surface area contributed by atoms with Crippen molar-refractivity contribution in [2.45, 2.75) is 44.8 Å². The quantitative estimate of drug-likeness (QED) is 0.898. The third-order valence-corrected chi connectivity index (χ3v) is 5.40. The van der Waals surface area contributed by atoms with Crippen molar-refractivity contribution >= 4 is 17.2 Å². The van der Waals surface area contributed by atoms with E-state index in [-0.39, 0.29) is 17.6 Å². The molecule has 1 atom stereocenters. The van der Waals surface area contributed by atoms with Gasteiger partial charge in [-0.3, -0.25) is 4.79 Å². The van der Waals surface area contributed by atoms with Crippen LogP contribution in [0.1, 0.15) is 54.4 Å². The van der Waals surface area contributed by atoms with Gasteiger partial charge in [0.2, 0.25) is 0 Å². The number of benzene rings is 1. The summed E-state index contributed by atoms with van der Waals surface area (Å²) in [5.41, 5.74) is 0.881. The molecule has 1 N–H and O–H groups in total. The first-order chi connectivity index (χ1) is 10.7. The van der Waals surface area contributed by atoms with Crippen LogP contribution in [0.5, 0.6) is 5.75 Å². The van der Waals surface area contributed by atoms with Crippen LogP contribution < -0.4 is 10.1 Å². The normalized spacial score (nSPS) is 19.1. The molecular weight excluding hydrogens is 294 g/mol. The van der Waals surface area contributed by atoms with Crippen LogP contribution >= 0.6 is 11.3 Å². The summed E-state index contributed by atoms with van der Waals surface area (Å²) in [5, 5.41) is 5.12. The summed E-state index contributed by atoms with van der Waals surface area (Å²) in [5.74, 6) is 0.895. The predicted octanol–water partition coefficient (Wildman–Crippen LogP) is 4.56. The van der Waals surface area contributed by atoms with Crippen LogP contribution in [0, 0.1) is 0 Å². The molecular formula is C18H21NO2S. The van der Waals surface area contributed by atoms with E-state index in [9.17, 15) is 4.79 Å². The summed E-state index contributed by atoms with van der Waals surface area (Å²) in [6, 6.07) is 11.8. The van der Waals surface area contributed by atoms with Crippen molar-refractivity contribution in [2.24, 2.45) is 0 Å². The SMILES string of the molecule is CCC1(CC)C[C@@H](NC(=O)c2cccs2)c2ccccc2O1. The van der Waals surface area contributed by atoms with E-state index in [2.05, 4.69) is 19.2 Å². The average molecular weight is 315 g/mol. The molecule has 0 radical (unpaired) electrons. The molecule has 1 aromatic heterocycles. The van der Waals surface area contributed by atoms with Gasteiger partial charge in [-0.25, -0.2) is 0 Å². The van der Waals surface area contributed by atoms with Gasteiger partial charge in [-0.05, 0) is 30.4 Å². The molecule has 0 aliphatic carbocycles. The predicted molar refractivity (Wildman–Crippen MR) is 89.5 cm³/mol. The smallest absolute Gasteiger partial charge is 0.261 e. The van der Waals surface area contributed by atoms with E-state index < -0.39 is 0 Å². The Morgan fingerprint density at radius 1 is 1.27 bits per heavy atom. The summed E-state index contributed by atoms with van der Waals surface area (Å²) in [6.45, 7) is 4.30. The number of fused-ring (bicyclic) bond motifs is 1. The number of para-hydroxylation sites is 1. The van der Waals surface area contributed by atoms with Crippen LogP contribution in [0.3, 0.4) is 0 Å².